The van der Waals surface area contributed by atoms with Crippen LogP contribution in [-0.2, 0) is 0 Å². The van der Waals surface area contributed by atoms with E-state index in [0.717, 1.165) is 50.1 Å². The first-order valence-corrected chi connectivity index (χ1v) is 11.8. The van der Waals surface area contributed by atoms with Crippen molar-refractivity contribution in [2.24, 2.45) is 5.73 Å². The molecule has 0 saturated heterocycles. The van der Waals surface area contributed by atoms with Gasteiger partial charge in [0.15, 0.2) is 0 Å². The summed E-state index contributed by atoms with van der Waals surface area (Å²) in [6.07, 6.45) is 3.55. The zero-order valence-electron chi connectivity index (χ0n) is 19.5. The summed E-state index contributed by atoms with van der Waals surface area (Å²) < 4.78 is 0. The van der Waals surface area contributed by atoms with Crippen LogP contribution in [0.25, 0.3) is 44.5 Å². The Bertz CT molecular complexity index is 1820. The van der Waals surface area contributed by atoms with Crippen LogP contribution in [-0.4, -0.2) is 25.8 Å². The van der Waals surface area contributed by atoms with E-state index in [1.165, 1.54) is 16.7 Å². The Hall–Kier alpha value is -4.84. The lowest BCUT2D eigenvalue weighted by Crippen LogP contribution is -2.12. The summed E-state index contributed by atoms with van der Waals surface area (Å²) in [5.74, 6) is 0.334. The van der Waals surface area contributed by atoms with Gasteiger partial charge in [-0.15, -0.1) is 0 Å². The minimum Gasteiger partial charge on any atom is -0.366 e. The van der Waals surface area contributed by atoms with Crippen LogP contribution in [0, 0.1) is 6.92 Å². The van der Waals surface area contributed by atoms with Gasteiger partial charge in [-0.2, -0.15) is 0 Å². The van der Waals surface area contributed by atoms with Gasteiger partial charge in [0.25, 0.3) is 0 Å². The molecule has 0 saturated carbocycles. The Labute approximate surface area is 206 Å². The molecular formula is C30H21N5O. The average molecular weight is 468 g/mol. The van der Waals surface area contributed by atoms with E-state index in [9.17, 15) is 4.79 Å². The zero-order valence-corrected chi connectivity index (χ0v) is 19.5. The van der Waals surface area contributed by atoms with Crippen LogP contribution in [0.3, 0.4) is 0 Å². The maximum Gasteiger partial charge on any atom is 0.249 e. The normalized spacial score (nSPS) is 14.2. The molecule has 0 bridgehead atoms. The van der Waals surface area contributed by atoms with Crippen LogP contribution < -0.4 is 5.73 Å². The van der Waals surface area contributed by atoms with Gasteiger partial charge in [-0.05, 0) is 59.0 Å². The molecule has 172 valence electrons. The molecule has 1 aliphatic carbocycles. The Kier molecular flexibility index (Phi) is 4.32. The fourth-order valence-electron chi connectivity index (χ4n) is 5.59. The van der Waals surface area contributed by atoms with E-state index >= 15 is 0 Å². The Morgan fingerprint density at radius 1 is 0.861 bits per heavy atom. The number of nitrogens with two attached hydrogens (primary N) is 1. The molecule has 6 nitrogen and oxygen atoms in total. The fraction of sp³-hybridized carbons (Fsp3) is 0.0667. The second kappa shape index (κ2) is 7.58. The van der Waals surface area contributed by atoms with Crippen LogP contribution >= 0.6 is 0 Å². The molecule has 1 unspecified atom stereocenters. The molecule has 1 atom stereocenters. The standard InChI is InChI=1S/C30H21N5O/c1-16-22(14-23-19(29(31)36)8-5-11-24(23)33-16)28-18-7-3-2-6-17(18)27-20(28)9-4-10-21(27)30-34-25-12-13-32-15-26(25)35-30/h2-15,28H,1H3,(H2,31,36)(H,34,35). The van der Waals surface area contributed by atoms with Crippen molar-refractivity contribution < 1.29 is 4.79 Å². The molecule has 0 spiro atoms. The number of aromatic amines is 1. The molecule has 3 heterocycles. The highest BCUT2D eigenvalue weighted by Gasteiger charge is 2.33. The average Bonchev–Trinajstić information content (AvgIpc) is 3.47. The highest BCUT2D eigenvalue weighted by molar-refractivity contribution is 6.05. The monoisotopic (exact) mass is 467 g/mol. The van der Waals surface area contributed by atoms with Gasteiger partial charge in [0.05, 0.1) is 22.7 Å². The van der Waals surface area contributed by atoms with Gasteiger partial charge in [-0.3, -0.25) is 14.8 Å². The van der Waals surface area contributed by atoms with Crippen molar-refractivity contribution >= 4 is 27.8 Å². The van der Waals surface area contributed by atoms with Crippen molar-refractivity contribution in [1.82, 2.24) is 19.9 Å². The van der Waals surface area contributed by atoms with Crippen LogP contribution in [0.15, 0.2) is 85.2 Å². The minimum atomic E-state index is -0.453. The summed E-state index contributed by atoms with van der Waals surface area (Å²) in [6, 6.07) is 24.4. The van der Waals surface area contributed by atoms with Crippen molar-refractivity contribution in [1.29, 1.82) is 0 Å². The molecule has 36 heavy (non-hydrogen) atoms. The first-order chi connectivity index (χ1) is 17.6. The highest BCUT2D eigenvalue weighted by Crippen LogP contribution is 2.51. The van der Waals surface area contributed by atoms with Crippen LogP contribution in [0.5, 0.6) is 0 Å². The van der Waals surface area contributed by atoms with E-state index in [0.29, 0.717) is 5.56 Å². The molecule has 1 amide bonds. The summed E-state index contributed by atoms with van der Waals surface area (Å²) in [6.45, 7) is 2.03. The largest absolute Gasteiger partial charge is 0.366 e. The van der Waals surface area contributed by atoms with E-state index in [-0.39, 0.29) is 5.92 Å². The number of fused-ring (bicyclic) bond motifs is 5. The second-order valence-corrected chi connectivity index (χ2v) is 9.17. The third kappa shape index (κ3) is 2.91. The quantitative estimate of drug-likeness (QED) is 0.346. The molecule has 3 aromatic heterocycles. The molecule has 0 fully saturated rings. The zero-order chi connectivity index (χ0) is 24.4. The molecule has 3 aromatic carbocycles. The number of carbonyl (C=O) groups excluding carboxylic acids is 1. The summed E-state index contributed by atoms with van der Waals surface area (Å²) >= 11 is 0. The maximum atomic E-state index is 12.2. The number of pyridine rings is 2. The van der Waals surface area contributed by atoms with Gasteiger partial charge in [-0.25, -0.2) is 4.98 Å². The Morgan fingerprint density at radius 2 is 1.67 bits per heavy atom. The molecule has 0 radical (unpaired) electrons. The maximum absolute atomic E-state index is 12.2. The van der Waals surface area contributed by atoms with Gasteiger partial charge in [0.2, 0.25) is 5.91 Å². The van der Waals surface area contributed by atoms with Crippen LogP contribution in [0.1, 0.15) is 38.7 Å². The number of carbonyl (C=O) groups is 1. The van der Waals surface area contributed by atoms with E-state index in [2.05, 4.69) is 58.5 Å². The predicted octanol–water partition coefficient (Wildman–Crippen LogP) is 5.74. The number of benzene rings is 3. The Balaban J connectivity index is 1.50. The topological polar surface area (TPSA) is 97.6 Å². The number of hydrogen-bond donors (Lipinski definition) is 2. The first-order valence-electron chi connectivity index (χ1n) is 11.8. The second-order valence-electron chi connectivity index (χ2n) is 9.17. The highest BCUT2D eigenvalue weighted by atomic mass is 16.1. The number of aromatic nitrogens is 4. The number of hydrogen-bond acceptors (Lipinski definition) is 4. The van der Waals surface area contributed by atoms with Crippen LogP contribution in [0.4, 0.5) is 0 Å². The molecule has 6 aromatic rings. The number of aryl methyl sites for hydroxylation is 1. The molecular weight excluding hydrogens is 446 g/mol. The van der Waals surface area contributed by atoms with Crippen molar-refractivity contribution in [2.75, 3.05) is 0 Å². The van der Waals surface area contributed by atoms with Gasteiger partial charge in [-0.1, -0.05) is 48.5 Å². The van der Waals surface area contributed by atoms with Crippen molar-refractivity contribution in [3.8, 4) is 22.5 Å². The first kappa shape index (κ1) is 20.5. The fourth-order valence-corrected chi connectivity index (χ4v) is 5.59. The molecule has 0 aliphatic heterocycles. The molecule has 6 heteroatoms. The van der Waals surface area contributed by atoms with Crippen molar-refractivity contribution in [3.63, 3.8) is 0 Å². The third-order valence-electron chi connectivity index (χ3n) is 7.15. The van der Waals surface area contributed by atoms with E-state index in [1.54, 1.807) is 18.5 Å². The summed E-state index contributed by atoms with van der Waals surface area (Å²) in [4.78, 5) is 29.6. The number of H-pyrrole nitrogens is 1. The number of rotatable bonds is 3. The van der Waals surface area contributed by atoms with Gasteiger partial charge < -0.3 is 10.7 Å². The predicted molar refractivity (Wildman–Crippen MR) is 141 cm³/mol. The number of nitrogens with zero attached hydrogens (tertiary/aromatic N) is 3. The van der Waals surface area contributed by atoms with E-state index < -0.39 is 5.91 Å². The molecule has 3 N–H and O–H groups in total. The number of primary amides is 1. The number of imidazole rings is 1. The van der Waals surface area contributed by atoms with Gasteiger partial charge >= 0.3 is 0 Å². The third-order valence-corrected chi connectivity index (χ3v) is 7.15. The van der Waals surface area contributed by atoms with Crippen molar-refractivity contribution in [3.05, 3.63) is 113 Å². The number of nitrogens with one attached hydrogen (secondary N) is 1. The SMILES string of the molecule is Cc1nc2cccc(C(N)=O)c2cc1C1c2ccccc2-c2c(-c3nc4ccncc4[nH]3)cccc21. The smallest absolute Gasteiger partial charge is 0.249 e. The van der Waals surface area contributed by atoms with Gasteiger partial charge in [0, 0.05) is 34.3 Å². The lowest BCUT2D eigenvalue weighted by atomic mass is 9.87. The van der Waals surface area contributed by atoms with E-state index in [1.807, 2.05) is 25.1 Å². The lowest BCUT2D eigenvalue weighted by Gasteiger charge is -2.18. The Morgan fingerprint density at radius 3 is 2.53 bits per heavy atom. The van der Waals surface area contributed by atoms with Crippen LogP contribution in [0.2, 0.25) is 0 Å². The molecule has 7 rings (SSSR count). The van der Waals surface area contributed by atoms with E-state index in [4.69, 9.17) is 15.7 Å². The molecule has 1 aliphatic rings. The van der Waals surface area contributed by atoms with Crippen molar-refractivity contribution in [2.45, 2.75) is 12.8 Å². The summed E-state index contributed by atoms with van der Waals surface area (Å²) in [5, 5.41) is 0.775. The summed E-state index contributed by atoms with van der Waals surface area (Å²) in [5.41, 5.74) is 16.5. The lowest BCUT2D eigenvalue weighted by molar-refractivity contribution is 0.100. The minimum absolute atomic E-state index is 0.0278. The number of amides is 1. The summed E-state index contributed by atoms with van der Waals surface area (Å²) in [7, 11) is 0. The van der Waals surface area contributed by atoms with Gasteiger partial charge in [0.1, 0.15) is 5.82 Å².